The normalized spacial score (nSPS) is 12.8. The number of unbranched alkanes of at least 4 members (excludes halogenated alkanes) is 1. The SMILES string of the molecule is CCO[Si](CCCC[Si](OCC)(OCC)OCC)(OCC)OCC. The quantitative estimate of drug-likeness (QED) is 0.281. The summed E-state index contributed by atoms with van der Waals surface area (Å²) in [6, 6.07) is 1.63. The van der Waals surface area contributed by atoms with E-state index in [1.54, 1.807) is 0 Å². The van der Waals surface area contributed by atoms with Gasteiger partial charge < -0.3 is 26.6 Å². The number of hydrogen-bond acceptors (Lipinski definition) is 6. The molecule has 0 N–H and O–H groups in total. The molecule has 0 saturated heterocycles. The molecule has 0 spiro atoms. The smallest absolute Gasteiger partial charge is 0.374 e. The maximum Gasteiger partial charge on any atom is 0.500 e. The molecular weight excluding hydrogens is 344 g/mol. The molecule has 0 amide bonds. The highest BCUT2D eigenvalue weighted by Gasteiger charge is 2.42. The molecule has 0 aromatic heterocycles. The zero-order valence-corrected chi connectivity index (χ0v) is 18.5. The molecule has 0 fully saturated rings. The van der Waals surface area contributed by atoms with Gasteiger partial charge in [-0.2, -0.15) is 0 Å². The Kier molecular flexibility index (Phi) is 14.5. The summed E-state index contributed by atoms with van der Waals surface area (Å²) in [5.41, 5.74) is 0. The summed E-state index contributed by atoms with van der Waals surface area (Å²) in [6.45, 7) is 15.6. The van der Waals surface area contributed by atoms with Crippen LogP contribution in [0.1, 0.15) is 54.4 Å². The summed E-state index contributed by atoms with van der Waals surface area (Å²) in [4.78, 5) is 0. The van der Waals surface area contributed by atoms with Crippen molar-refractivity contribution in [3.05, 3.63) is 0 Å². The van der Waals surface area contributed by atoms with E-state index in [4.69, 9.17) is 26.6 Å². The molecule has 8 heteroatoms. The van der Waals surface area contributed by atoms with E-state index < -0.39 is 17.6 Å². The predicted octanol–water partition coefficient (Wildman–Crippen LogP) is 3.86. The van der Waals surface area contributed by atoms with Gasteiger partial charge in [-0.05, 0) is 54.4 Å². The summed E-state index contributed by atoms with van der Waals surface area (Å²) < 4.78 is 35.4. The number of rotatable bonds is 17. The highest BCUT2D eigenvalue weighted by Crippen LogP contribution is 2.24. The summed E-state index contributed by atoms with van der Waals surface area (Å²) >= 11 is 0. The minimum atomic E-state index is -2.55. The molecule has 24 heavy (non-hydrogen) atoms. The van der Waals surface area contributed by atoms with Gasteiger partial charge in [0.15, 0.2) is 0 Å². The van der Waals surface area contributed by atoms with Crippen molar-refractivity contribution < 1.29 is 26.6 Å². The third-order valence-electron chi connectivity index (χ3n) is 3.40. The number of hydrogen-bond donors (Lipinski definition) is 0. The van der Waals surface area contributed by atoms with Gasteiger partial charge in [0.05, 0.1) is 0 Å². The van der Waals surface area contributed by atoms with Crippen molar-refractivity contribution in [2.45, 2.75) is 66.5 Å². The lowest BCUT2D eigenvalue weighted by atomic mass is 10.4. The van der Waals surface area contributed by atoms with Gasteiger partial charge in [0, 0.05) is 51.7 Å². The molecule has 0 heterocycles. The summed E-state index contributed by atoms with van der Waals surface area (Å²) in [6.07, 6.45) is 1.91. The van der Waals surface area contributed by atoms with Gasteiger partial charge in [0.2, 0.25) is 0 Å². The molecule has 6 nitrogen and oxygen atoms in total. The fourth-order valence-electron chi connectivity index (χ4n) is 2.69. The van der Waals surface area contributed by atoms with E-state index in [0.717, 1.165) is 24.9 Å². The molecule has 0 atom stereocenters. The molecule has 0 aromatic carbocycles. The Bertz CT molecular complexity index is 232. The lowest BCUT2D eigenvalue weighted by molar-refractivity contribution is 0.0664. The van der Waals surface area contributed by atoms with Crippen molar-refractivity contribution in [2.75, 3.05) is 39.6 Å². The monoisotopic (exact) mass is 382 g/mol. The Morgan fingerprint density at radius 1 is 0.417 bits per heavy atom. The van der Waals surface area contributed by atoms with Crippen LogP contribution in [0.2, 0.25) is 12.1 Å². The first-order valence-corrected chi connectivity index (χ1v) is 13.3. The first kappa shape index (κ1) is 24.2. The summed E-state index contributed by atoms with van der Waals surface area (Å²) in [5.74, 6) is 0. The van der Waals surface area contributed by atoms with Crippen LogP contribution in [0.25, 0.3) is 0 Å². The van der Waals surface area contributed by atoms with Crippen molar-refractivity contribution in [1.29, 1.82) is 0 Å². The van der Waals surface area contributed by atoms with E-state index in [1.807, 2.05) is 41.5 Å². The lowest BCUT2D eigenvalue weighted by Crippen LogP contribution is -2.47. The summed E-state index contributed by atoms with van der Waals surface area (Å²) in [5, 5.41) is 0. The molecule has 146 valence electrons. The third-order valence-corrected chi connectivity index (χ3v) is 9.70. The van der Waals surface area contributed by atoms with Gasteiger partial charge in [-0.3, -0.25) is 0 Å². The average molecular weight is 383 g/mol. The van der Waals surface area contributed by atoms with E-state index in [1.165, 1.54) is 0 Å². The first-order chi connectivity index (χ1) is 11.6. The Labute approximate surface area is 150 Å². The molecule has 0 aliphatic carbocycles. The maximum absolute atomic E-state index is 5.90. The Balaban J connectivity index is 4.64. The van der Waals surface area contributed by atoms with Gasteiger partial charge in [-0.1, -0.05) is 0 Å². The predicted molar refractivity (Wildman–Crippen MR) is 100 cm³/mol. The summed E-state index contributed by atoms with van der Waals surface area (Å²) in [7, 11) is -5.11. The molecular formula is C16H38O6Si2. The Morgan fingerprint density at radius 3 is 0.792 bits per heavy atom. The van der Waals surface area contributed by atoms with Crippen LogP contribution in [0.5, 0.6) is 0 Å². The topological polar surface area (TPSA) is 55.4 Å². The van der Waals surface area contributed by atoms with E-state index in [9.17, 15) is 0 Å². The van der Waals surface area contributed by atoms with Crippen LogP contribution in [0, 0.1) is 0 Å². The van der Waals surface area contributed by atoms with E-state index in [-0.39, 0.29) is 0 Å². The van der Waals surface area contributed by atoms with Crippen LogP contribution >= 0.6 is 0 Å². The minimum absolute atomic E-state index is 0.613. The van der Waals surface area contributed by atoms with Crippen LogP contribution in [0.15, 0.2) is 0 Å². The Morgan fingerprint density at radius 2 is 0.625 bits per heavy atom. The molecule has 0 aromatic rings. The first-order valence-electron chi connectivity index (χ1n) is 9.41. The zero-order valence-electron chi connectivity index (χ0n) is 16.5. The van der Waals surface area contributed by atoms with Crippen LogP contribution in [0.4, 0.5) is 0 Å². The minimum Gasteiger partial charge on any atom is -0.374 e. The largest absolute Gasteiger partial charge is 0.500 e. The van der Waals surface area contributed by atoms with E-state index in [0.29, 0.717) is 39.6 Å². The molecule has 0 rings (SSSR count). The lowest BCUT2D eigenvalue weighted by Gasteiger charge is -2.30. The molecule has 0 aliphatic rings. The highest BCUT2D eigenvalue weighted by atomic mass is 28.4. The van der Waals surface area contributed by atoms with Crippen molar-refractivity contribution in [3.63, 3.8) is 0 Å². The maximum atomic E-state index is 5.90. The van der Waals surface area contributed by atoms with Gasteiger partial charge >= 0.3 is 17.6 Å². The second kappa shape index (κ2) is 14.4. The van der Waals surface area contributed by atoms with Gasteiger partial charge in [0.1, 0.15) is 0 Å². The highest BCUT2D eigenvalue weighted by molar-refractivity contribution is 6.61. The molecule has 0 aliphatic heterocycles. The van der Waals surface area contributed by atoms with Gasteiger partial charge in [-0.15, -0.1) is 0 Å². The fourth-order valence-corrected chi connectivity index (χ4v) is 8.06. The second-order valence-corrected chi connectivity index (χ2v) is 10.6. The van der Waals surface area contributed by atoms with E-state index >= 15 is 0 Å². The van der Waals surface area contributed by atoms with Crippen LogP contribution in [0.3, 0.4) is 0 Å². The molecule has 0 saturated carbocycles. The zero-order chi connectivity index (χ0) is 18.3. The van der Waals surface area contributed by atoms with Crippen LogP contribution in [-0.2, 0) is 26.6 Å². The third kappa shape index (κ3) is 9.05. The fraction of sp³-hybridized carbons (Fsp3) is 1.00. The van der Waals surface area contributed by atoms with Crippen molar-refractivity contribution in [1.82, 2.24) is 0 Å². The molecule has 0 radical (unpaired) electrons. The standard InChI is InChI=1S/C16H38O6Si2/c1-7-17-23(18-8-2,19-9-3)15-13-14-16-24(20-10-4,21-11-5)22-12-6/h7-16H2,1-6H3. The van der Waals surface area contributed by atoms with Crippen molar-refractivity contribution in [2.24, 2.45) is 0 Å². The van der Waals surface area contributed by atoms with Crippen molar-refractivity contribution >= 4 is 17.6 Å². The van der Waals surface area contributed by atoms with Gasteiger partial charge in [0.25, 0.3) is 0 Å². The van der Waals surface area contributed by atoms with E-state index in [2.05, 4.69) is 0 Å². The Hall–Kier alpha value is 0.194. The van der Waals surface area contributed by atoms with Crippen molar-refractivity contribution in [3.8, 4) is 0 Å². The second-order valence-electron chi connectivity index (χ2n) is 5.17. The van der Waals surface area contributed by atoms with Crippen LogP contribution in [-0.4, -0.2) is 57.3 Å². The van der Waals surface area contributed by atoms with Crippen LogP contribution < -0.4 is 0 Å². The molecule has 0 unspecified atom stereocenters. The molecule has 0 bridgehead atoms. The van der Waals surface area contributed by atoms with Gasteiger partial charge in [-0.25, -0.2) is 0 Å². The average Bonchev–Trinajstić information content (AvgIpc) is 2.53.